The Morgan fingerprint density at radius 1 is 0.600 bits per heavy atom. The number of benzene rings is 3. The molecule has 0 aliphatic carbocycles. The number of hydrogen-bond acceptors (Lipinski definition) is 10. The summed E-state index contributed by atoms with van der Waals surface area (Å²) in [4.78, 5) is 16.8. The normalized spacial score (nSPS) is 11.9. The molecule has 21 heteroatoms. The highest BCUT2D eigenvalue weighted by Gasteiger charge is 2.36. The minimum absolute atomic E-state index is 0.0250. The zero-order valence-electron chi connectivity index (χ0n) is 35.7. The number of aromatic nitrogens is 6. The fraction of sp³-hybridized carbons (Fsp3) is 0.273. The molecule has 0 radical (unpaired) electrons. The van der Waals surface area contributed by atoms with Gasteiger partial charge in [0.15, 0.2) is 23.0 Å². The highest BCUT2D eigenvalue weighted by molar-refractivity contribution is 5.81. The molecule has 6 aromatic rings. The van der Waals surface area contributed by atoms with E-state index in [2.05, 4.69) is 35.8 Å². The second kappa shape index (κ2) is 23.0. The van der Waals surface area contributed by atoms with E-state index in [0.29, 0.717) is 41.0 Å². The van der Waals surface area contributed by atoms with Crippen LogP contribution in [-0.4, -0.2) is 47.2 Å². The number of aromatic amines is 1. The number of nitrogens with zero attached hydrogens (tertiary/aromatic N) is 7. The minimum atomic E-state index is -4.69. The summed E-state index contributed by atoms with van der Waals surface area (Å²) in [5, 5.41) is 33.2. The topological polar surface area (TPSA) is 151 Å². The molecule has 3 aromatic heterocycles. The van der Waals surface area contributed by atoms with Crippen molar-refractivity contribution in [1.29, 1.82) is 0 Å². The van der Waals surface area contributed by atoms with Crippen LogP contribution in [0.25, 0.3) is 33.8 Å². The van der Waals surface area contributed by atoms with Crippen LogP contribution in [0.4, 0.5) is 43.9 Å². The van der Waals surface area contributed by atoms with Gasteiger partial charge in [0.2, 0.25) is 5.43 Å². The molecule has 3 heterocycles. The van der Waals surface area contributed by atoms with Crippen molar-refractivity contribution in [2.24, 2.45) is 10.3 Å². The Morgan fingerprint density at radius 3 is 1.38 bits per heavy atom. The van der Waals surface area contributed by atoms with Gasteiger partial charge in [-0.15, -0.1) is 20.4 Å². The molecule has 0 aliphatic rings. The monoisotopic (exact) mass is 920 g/mol. The molecule has 346 valence electrons. The lowest BCUT2D eigenvalue weighted by Gasteiger charge is -2.10. The smallest absolute Gasteiger partial charge is 0.411 e. The molecule has 0 bridgehead atoms. The summed E-state index contributed by atoms with van der Waals surface area (Å²) in [7, 11) is 0. The average molecular weight is 921 g/mol. The zero-order valence-corrected chi connectivity index (χ0v) is 35.7. The van der Waals surface area contributed by atoms with Crippen molar-refractivity contribution in [2.75, 3.05) is 0 Å². The van der Waals surface area contributed by atoms with Crippen molar-refractivity contribution in [1.82, 2.24) is 30.6 Å². The van der Waals surface area contributed by atoms with Gasteiger partial charge in [-0.25, -0.2) is 4.39 Å². The maximum atomic E-state index is 13.6. The molecule has 0 atom stereocenters. The number of H-pyrrole nitrogens is 1. The van der Waals surface area contributed by atoms with E-state index in [1.165, 1.54) is 0 Å². The Kier molecular flexibility index (Phi) is 18.5. The maximum absolute atomic E-state index is 13.6. The number of oxime groups is 2. The van der Waals surface area contributed by atoms with E-state index in [1.54, 1.807) is 74.5 Å². The van der Waals surface area contributed by atoms with Gasteiger partial charge in [-0.2, -0.15) is 44.6 Å². The van der Waals surface area contributed by atoms with Gasteiger partial charge in [0.1, 0.15) is 22.8 Å². The quantitative estimate of drug-likeness (QED) is 0.0695. The molecule has 6 rings (SSSR count). The lowest BCUT2D eigenvalue weighted by molar-refractivity contribution is -0.142. The first-order valence-corrected chi connectivity index (χ1v) is 19.2. The van der Waals surface area contributed by atoms with Gasteiger partial charge in [0.05, 0.1) is 11.4 Å². The van der Waals surface area contributed by atoms with Crippen LogP contribution < -0.4 is 10.3 Å². The molecule has 11 nitrogen and oxygen atoms in total. The van der Waals surface area contributed by atoms with Crippen LogP contribution in [0.1, 0.15) is 74.3 Å². The fourth-order valence-corrected chi connectivity index (χ4v) is 4.64. The van der Waals surface area contributed by atoms with E-state index in [1.807, 2.05) is 51.9 Å². The first-order valence-electron chi connectivity index (χ1n) is 19.2. The van der Waals surface area contributed by atoms with Gasteiger partial charge in [0, 0.05) is 34.9 Å². The summed E-state index contributed by atoms with van der Waals surface area (Å²) in [5.41, 5.74) is 1.51. The lowest BCUT2D eigenvalue weighted by atomic mass is 10.1. The van der Waals surface area contributed by atoms with Crippen molar-refractivity contribution >= 4 is 11.4 Å². The molecule has 0 saturated heterocycles. The highest BCUT2D eigenvalue weighted by Crippen LogP contribution is 2.35. The Labute approximate surface area is 365 Å². The summed E-state index contributed by atoms with van der Waals surface area (Å²) < 4.78 is 126. The number of aryl methyl sites for hydroxylation is 3. The van der Waals surface area contributed by atoms with Crippen molar-refractivity contribution < 1.29 is 53.9 Å². The van der Waals surface area contributed by atoms with Crippen molar-refractivity contribution in [3.63, 3.8) is 0 Å². The summed E-state index contributed by atoms with van der Waals surface area (Å²) in [6, 6.07) is 22.2. The van der Waals surface area contributed by atoms with E-state index in [0.717, 1.165) is 34.9 Å². The number of rotatable bonds is 7. The molecule has 0 spiro atoms. The predicted octanol–water partition coefficient (Wildman–Crippen LogP) is 12.3. The van der Waals surface area contributed by atoms with Crippen LogP contribution in [0.3, 0.4) is 0 Å². The van der Waals surface area contributed by atoms with E-state index >= 15 is 0 Å². The molecule has 0 aliphatic heterocycles. The van der Waals surface area contributed by atoms with Crippen molar-refractivity contribution in [3.05, 3.63) is 141 Å². The predicted molar refractivity (Wildman–Crippen MR) is 224 cm³/mol. The first-order chi connectivity index (χ1) is 30.4. The number of alkyl halides is 9. The molecular weight excluding hydrogens is 879 g/mol. The van der Waals surface area contributed by atoms with E-state index in [4.69, 9.17) is 10.0 Å². The molecule has 0 saturated carbocycles. The second-order valence-electron chi connectivity index (χ2n) is 13.9. The first kappa shape index (κ1) is 52.3. The summed E-state index contributed by atoms with van der Waals surface area (Å²) in [6.45, 7) is 12.9. The minimum Gasteiger partial charge on any atom is -0.411 e. The molecule has 0 fully saturated rings. The lowest BCUT2D eigenvalue weighted by Crippen LogP contribution is -2.16. The number of hydrogen-bond donors (Lipinski definition) is 2. The van der Waals surface area contributed by atoms with Gasteiger partial charge in [-0.1, -0.05) is 114 Å². The molecular formula is C44H42F10N8O3. The van der Waals surface area contributed by atoms with Crippen LogP contribution in [0, 0.1) is 26.6 Å². The summed E-state index contributed by atoms with van der Waals surface area (Å²) in [5.74, 6) is -1.12. The number of nitrogens with one attached hydrogen (secondary N) is 1. The third kappa shape index (κ3) is 16.2. The second-order valence-corrected chi connectivity index (χ2v) is 13.9. The van der Waals surface area contributed by atoms with Crippen molar-refractivity contribution in [2.45, 2.75) is 79.8 Å². The van der Waals surface area contributed by atoms with E-state index < -0.39 is 46.9 Å². The summed E-state index contributed by atoms with van der Waals surface area (Å²) >= 11 is 0. The van der Waals surface area contributed by atoms with Gasteiger partial charge in [-0.3, -0.25) is 9.89 Å². The van der Waals surface area contributed by atoms with E-state index in [-0.39, 0.29) is 22.8 Å². The Morgan fingerprint density at radius 2 is 1.02 bits per heavy atom. The highest BCUT2D eigenvalue weighted by atomic mass is 19.4. The Bertz CT molecular complexity index is 2590. The van der Waals surface area contributed by atoms with Crippen LogP contribution in [0.5, 0.6) is 5.75 Å². The standard InChI is InChI=1S/C16H16F3N3O.C12H8F4N2.C12H9F3N2O.C4H9NO/c1-4-11(3)22-23-13-9-14(16(17,18)19)20-21-15(13)12-7-5-10(2)6-8-12;1-7-2-4-8(5-3-7)11-9(13)6-10(17-18-11)12(14,15)16;1-7-2-4-8(5-3-7)11-9(18)6-10(16-17-11)12(13,14)15;1-3-4(2)5-6/h5-9H,4H2,1-3H3;2-6H,1H3;2-6H,1H3,(H,16,18);6H,3H2,1-2H3/b22-11+;;;5-4+. The molecule has 0 unspecified atom stereocenters. The van der Waals surface area contributed by atoms with Crippen LogP contribution >= 0.6 is 0 Å². The molecule has 3 aromatic carbocycles. The zero-order chi connectivity index (χ0) is 48.7. The van der Waals surface area contributed by atoms with Crippen molar-refractivity contribution in [3.8, 4) is 39.5 Å². The van der Waals surface area contributed by atoms with Crippen LogP contribution in [-0.2, 0) is 18.5 Å². The fourth-order valence-electron chi connectivity index (χ4n) is 4.64. The average Bonchev–Trinajstić information content (AvgIpc) is 3.26. The molecule has 2 N–H and O–H groups in total. The third-order valence-corrected chi connectivity index (χ3v) is 8.66. The van der Waals surface area contributed by atoms with Gasteiger partial charge in [-0.05, 0) is 47.5 Å². The largest absolute Gasteiger partial charge is 0.435 e. The van der Waals surface area contributed by atoms with Gasteiger partial charge < -0.3 is 10.0 Å². The third-order valence-electron chi connectivity index (χ3n) is 8.66. The SMILES string of the molecule is CC/C(C)=N/O.CC/C(C)=N/Oc1cc(C(F)(F)F)nnc1-c1ccc(C)cc1.Cc1ccc(-c2n[nH]c(C(F)(F)F)cc2=O)cc1.Cc1ccc(-c2nnc(C(F)(F)F)cc2F)cc1. The van der Waals surface area contributed by atoms with E-state index in [9.17, 15) is 48.7 Å². The summed E-state index contributed by atoms with van der Waals surface area (Å²) in [6.07, 6.45) is -12.4. The maximum Gasteiger partial charge on any atom is 0.435 e. The van der Waals surface area contributed by atoms with Gasteiger partial charge >= 0.3 is 18.5 Å². The van der Waals surface area contributed by atoms with Crippen LogP contribution in [0.2, 0.25) is 0 Å². The Hall–Kier alpha value is -7.06. The van der Waals surface area contributed by atoms with Gasteiger partial charge in [0.25, 0.3) is 0 Å². The Balaban J connectivity index is 0.000000245. The molecule has 0 amide bonds. The van der Waals surface area contributed by atoms with Crippen LogP contribution in [0.15, 0.2) is 106 Å². The molecule has 65 heavy (non-hydrogen) atoms. The number of halogens is 10.